The monoisotopic (exact) mass is 342 g/mol. The number of alkyl halides is 2. The Bertz CT molecular complexity index is 284. The van der Waals surface area contributed by atoms with Crippen LogP contribution < -0.4 is 0 Å². The molecule has 0 aromatic heterocycles. The standard InChI is InChI=1S/C14H28Cl2O3Si/c1-9(2)13(15,10(3)4)18-20(17)19-14(16,11(5)6)12(7)8/h9-12H,1-8H3. The van der Waals surface area contributed by atoms with Gasteiger partial charge < -0.3 is 8.85 Å². The molecule has 120 valence electrons. The summed E-state index contributed by atoms with van der Waals surface area (Å²) in [6.45, 7) is 15.5. The fourth-order valence-corrected chi connectivity index (χ4v) is 3.95. The fourth-order valence-electron chi connectivity index (χ4n) is 2.08. The molecule has 3 nitrogen and oxygen atoms in total. The first-order chi connectivity index (χ1) is 8.87. The Morgan fingerprint density at radius 1 is 0.700 bits per heavy atom. The van der Waals surface area contributed by atoms with Gasteiger partial charge in [0.25, 0.3) is 0 Å². The van der Waals surface area contributed by atoms with Gasteiger partial charge in [0.05, 0.1) is 0 Å². The molecule has 0 unspecified atom stereocenters. The average molecular weight is 343 g/mol. The van der Waals surface area contributed by atoms with Gasteiger partial charge in [-0.1, -0.05) is 78.6 Å². The van der Waals surface area contributed by atoms with Crippen molar-refractivity contribution in [2.24, 2.45) is 23.7 Å². The van der Waals surface area contributed by atoms with Crippen molar-refractivity contribution in [3.05, 3.63) is 0 Å². The second kappa shape index (κ2) is 7.46. The number of rotatable bonds is 8. The molecule has 0 saturated heterocycles. The van der Waals surface area contributed by atoms with Crippen molar-refractivity contribution < 1.29 is 13.3 Å². The zero-order chi connectivity index (χ0) is 16.3. The summed E-state index contributed by atoms with van der Waals surface area (Å²) in [5.74, 6) is 0.0168. The largest absolute Gasteiger partial charge is 0.769 e. The molecule has 0 N–H and O–H groups in total. The first-order valence-corrected chi connectivity index (χ1v) is 9.15. The Hall–Kier alpha value is 0.197. The van der Waals surface area contributed by atoms with Crippen LogP contribution >= 0.6 is 23.2 Å². The molecule has 0 fully saturated rings. The van der Waals surface area contributed by atoms with Crippen molar-refractivity contribution in [2.75, 3.05) is 0 Å². The van der Waals surface area contributed by atoms with E-state index in [-0.39, 0.29) is 23.7 Å². The fraction of sp³-hybridized carbons (Fsp3) is 1.00. The SMILES string of the molecule is CC(C)C(Cl)(O[Si](=O)OC(Cl)(C(C)C)C(C)C)C(C)C. The minimum Gasteiger partial charge on any atom is -0.477 e. The molecule has 0 aromatic rings. The summed E-state index contributed by atoms with van der Waals surface area (Å²) >= 11 is 12.9. The summed E-state index contributed by atoms with van der Waals surface area (Å²) in [5, 5.41) is -2.02. The Kier molecular flexibility index (Phi) is 7.53. The summed E-state index contributed by atoms with van der Waals surface area (Å²) in [6, 6.07) is 0. The van der Waals surface area contributed by atoms with Crippen LogP contribution in [0.25, 0.3) is 0 Å². The average Bonchev–Trinajstić information content (AvgIpc) is 2.27. The topological polar surface area (TPSA) is 35.5 Å². The van der Waals surface area contributed by atoms with Crippen LogP contribution in [-0.4, -0.2) is 19.3 Å². The summed E-state index contributed by atoms with van der Waals surface area (Å²) < 4.78 is 23.4. The Morgan fingerprint density at radius 2 is 0.900 bits per heavy atom. The third-order valence-electron chi connectivity index (χ3n) is 3.63. The maximum atomic E-state index is 12.3. The van der Waals surface area contributed by atoms with Crippen molar-refractivity contribution in [1.29, 1.82) is 0 Å². The maximum absolute atomic E-state index is 12.3. The van der Waals surface area contributed by atoms with Gasteiger partial charge >= 0.3 is 9.17 Å². The predicted molar refractivity (Wildman–Crippen MR) is 85.1 cm³/mol. The van der Waals surface area contributed by atoms with E-state index < -0.39 is 19.3 Å². The predicted octanol–water partition coefficient (Wildman–Crippen LogP) is 4.93. The van der Waals surface area contributed by atoms with Crippen molar-refractivity contribution in [2.45, 2.75) is 65.5 Å². The van der Waals surface area contributed by atoms with E-state index in [1.165, 1.54) is 0 Å². The Balaban J connectivity index is 5.02. The van der Waals surface area contributed by atoms with Gasteiger partial charge in [-0.3, -0.25) is 4.46 Å². The molecule has 0 aliphatic heterocycles. The lowest BCUT2D eigenvalue weighted by atomic mass is 9.96. The molecule has 0 saturated carbocycles. The quantitative estimate of drug-likeness (QED) is 0.463. The molecule has 0 rings (SSSR count). The van der Waals surface area contributed by atoms with Crippen LogP contribution in [0, 0.1) is 23.7 Å². The highest BCUT2D eigenvalue weighted by molar-refractivity contribution is 6.33. The molecule has 0 spiro atoms. The van der Waals surface area contributed by atoms with Gasteiger partial charge in [-0.2, -0.15) is 0 Å². The maximum Gasteiger partial charge on any atom is 0.769 e. The first kappa shape index (κ1) is 20.2. The minimum atomic E-state index is -2.80. The lowest BCUT2D eigenvalue weighted by Crippen LogP contribution is -2.46. The highest BCUT2D eigenvalue weighted by atomic mass is 35.5. The van der Waals surface area contributed by atoms with Crippen LogP contribution in [0.15, 0.2) is 0 Å². The van der Waals surface area contributed by atoms with Gasteiger partial charge in [0, 0.05) is 23.7 Å². The van der Waals surface area contributed by atoms with Gasteiger partial charge in [0.2, 0.25) is 0 Å². The van der Waals surface area contributed by atoms with Crippen LogP contribution in [0.2, 0.25) is 0 Å². The van der Waals surface area contributed by atoms with E-state index in [9.17, 15) is 4.46 Å². The minimum absolute atomic E-state index is 0.00421. The molecule has 6 heteroatoms. The van der Waals surface area contributed by atoms with Gasteiger partial charge in [-0.15, -0.1) is 0 Å². The lowest BCUT2D eigenvalue weighted by Gasteiger charge is -2.38. The summed E-state index contributed by atoms with van der Waals surface area (Å²) in [7, 11) is -2.80. The smallest absolute Gasteiger partial charge is 0.477 e. The van der Waals surface area contributed by atoms with Crippen LogP contribution in [0.4, 0.5) is 0 Å². The molecular weight excluding hydrogens is 315 g/mol. The first-order valence-electron chi connectivity index (χ1n) is 7.17. The van der Waals surface area contributed by atoms with E-state index in [1.54, 1.807) is 0 Å². The second-order valence-electron chi connectivity index (χ2n) is 6.47. The third-order valence-corrected chi connectivity index (χ3v) is 6.80. The molecule has 20 heavy (non-hydrogen) atoms. The molecule has 0 heterocycles. The second-order valence-corrected chi connectivity index (χ2v) is 8.56. The van der Waals surface area contributed by atoms with Crippen molar-refractivity contribution in [3.63, 3.8) is 0 Å². The van der Waals surface area contributed by atoms with E-state index in [0.717, 1.165) is 0 Å². The van der Waals surface area contributed by atoms with Crippen molar-refractivity contribution >= 4 is 32.4 Å². The van der Waals surface area contributed by atoms with Crippen LogP contribution in [0.3, 0.4) is 0 Å². The van der Waals surface area contributed by atoms with Gasteiger partial charge in [-0.25, -0.2) is 0 Å². The molecule has 0 atom stereocenters. The van der Waals surface area contributed by atoms with E-state index in [2.05, 4.69) is 0 Å². The normalized spacial score (nSPS) is 13.5. The zero-order valence-electron chi connectivity index (χ0n) is 13.8. The highest BCUT2D eigenvalue weighted by Gasteiger charge is 2.45. The van der Waals surface area contributed by atoms with E-state index in [0.29, 0.717) is 0 Å². The van der Waals surface area contributed by atoms with Gasteiger partial charge in [0.1, 0.15) is 0 Å². The third kappa shape index (κ3) is 4.60. The van der Waals surface area contributed by atoms with Gasteiger partial charge in [-0.05, 0) is 0 Å². The van der Waals surface area contributed by atoms with E-state index in [4.69, 9.17) is 32.1 Å². The molecule has 0 aliphatic carbocycles. The van der Waals surface area contributed by atoms with Crippen molar-refractivity contribution in [1.82, 2.24) is 0 Å². The number of hydrogen-bond acceptors (Lipinski definition) is 3. The Morgan fingerprint density at radius 3 is 1.05 bits per heavy atom. The van der Waals surface area contributed by atoms with Crippen molar-refractivity contribution in [3.8, 4) is 0 Å². The molecule has 0 aromatic carbocycles. The lowest BCUT2D eigenvalue weighted by molar-refractivity contribution is -0.0262. The molecule has 0 radical (unpaired) electrons. The summed E-state index contributed by atoms with van der Waals surface area (Å²) in [6.07, 6.45) is 0. The Labute approximate surface area is 135 Å². The van der Waals surface area contributed by atoms with E-state index >= 15 is 0 Å². The molecular formula is C14H28Cl2O3Si. The summed E-state index contributed by atoms with van der Waals surface area (Å²) in [5.41, 5.74) is 0. The summed E-state index contributed by atoms with van der Waals surface area (Å²) in [4.78, 5) is 0. The zero-order valence-corrected chi connectivity index (χ0v) is 16.3. The highest BCUT2D eigenvalue weighted by Crippen LogP contribution is 2.38. The molecule has 0 aliphatic rings. The van der Waals surface area contributed by atoms with Crippen LogP contribution in [0.5, 0.6) is 0 Å². The van der Waals surface area contributed by atoms with Crippen LogP contribution in [0.1, 0.15) is 55.4 Å². The van der Waals surface area contributed by atoms with Gasteiger partial charge in [0.15, 0.2) is 10.1 Å². The number of halogens is 2. The molecule has 0 bridgehead atoms. The van der Waals surface area contributed by atoms with Crippen LogP contribution in [-0.2, 0) is 13.3 Å². The van der Waals surface area contributed by atoms with E-state index in [1.807, 2.05) is 55.4 Å². The molecule has 0 amide bonds. The number of hydrogen-bond donors (Lipinski definition) is 0.